The van der Waals surface area contributed by atoms with Gasteiger partial charge in [-0.3, -0.25) is 9.59 Å². The predicted molar refractivity (Wildman–Crippen MR) is 53.8 cm³/mol. The number of carboxylic acids is 1. The van der Waals surface area contributed by atoms with E-state index in [0.29, 0.717) is 19.3 Å². The minimum absolute atomic E-state index is 0.298. The van der Waals surface area contributed by atoms with Gasteiger partial charge in [0, 0.05) is 6.04 Å². The quantitative estimate of drug-likeness (QED) is 0.778. The van der Waals surface area contributed by atoms with Gasteiger partial charge < -0.3 is 15.2 Å². The van der Waals surface area contributed by atoms with Crippen molar-refractivity contribution in [3.8, 4) is 0 Å². The van der Waals surface area contributed by atoms with Gasteiger partial charge >= 0.3 is 12.1 Å². The largest absolute Gasteiger partial charge is 0.481 e. The van der Waals surface area contributed by atoms with Crippen LogP contribution in [-0.2, 0) is 14.3 Å². The average molecular weight is 269 g/mol. The molecular weight excluding hydrogens is 255 g/mol. The number of halogens is 3. The van der Waals surface area contributed by atoms with Crippen LogP contribution in [0.2, 0.25) is 0 Å². The summed E-state index contributed by atoms with van der Waals surface area (Å²) in [5.41, 5.74) is 0. The topological polar surface area (TPSA) is 75.6 Å². The van der Waals surface area contributed by atoms with Crippen LogP contribution >= 0.6 is 0 Å². The van der Waals surface area contributed by atoms with Crippen molar-refractivity contribution in [3.05, 3.63) is 0 Å². The third-order valence-electron chi connectivity index (χ3n) is 2.65. The lowest BCUT2D eigenvalue weighted by molar-refractivity contribution is -0.175. The molecule has 1 aliphatic carbocycles. The first-order valence-corrected chi connectivity index (χ1v) is 5.44. The second-order valence-electron chi connectivity index (χ2n) is 4.22. The molecular formula is C10H14F3NO4. The maximum absolute atomic E-state index is 11.7. The van der Waals surface area contributed by atoms with Crippen LogP contribution in [0.25, 0.3) is 0 Å². The summed E-state index contributed by atoms with van der Waals surface area (Å²) in [5.74, 6) is -2.07. The van der Waals surface area contributed by atoms with Gasteiger partial charge in [0.1, 0.15) is 13.2 Å². The Balaban J connectivity index is 2.20. The molecule has 104 valence electrons. The van der Waals surface area contributed by atoms with Crippen molar-refractivity contribution >= 4 is 11.9 Å². The molecule has 0 radical (unpaired) electrons. The van der Waals surface area contributed by atoms with Crippen molar-refractivity contribution in [2.24, 2.45) is 5.92 Å². The van der Waals surface area contributed by atoms with Gasteiger partial charge in [-0.05, 0) is 19.3 Å². The zero-order valence-electron chi connectivity index (χ0n) is 9.50. The lowest BCUT2D eigenvalue weighted by atomic mass is 10.1. The first kappa shape index (κ1) is 14.7. The molecule has 18 heavy (non-hydrogen) atoms. The molecule has 0 saturated heterocycles. The average Bonchev–Trinajstić information content (AvgIpc) is 2.64. The van der Waals surface area contributed by atoms with E-state index < -0.39 is 37.2 Å². The molecule has 0 aromatic heterocycles. The van der Waals surface area contributed by atoms with Crippen molar-refractivity contribution < 1.29 is 32.6 Å². The fourth-order valence-electron chi connectivity index (χ4n) is 1.87. The number of alkyl halides is 3. The highest BCUT2D eigenvalue weighted by molar-refractivity contribution is 5.78. The van der Waals surface area contributed by atoms with E-state index in [0.717, 1.165) is 0 Å². The van der Waals surface area contributed by atoms with Gasteiger partial charge in [0.2, 0.25) is 5.91 Å². The van der Waals surface area contributed by atoms with Crippen LogP contribution in [0.15, 0.2) is 0 Å². The molecule has 2 N–H and O–H groups in total. The second-order valence-corrected chi connectivity index (χ2v) is 4.22. The Hall–Kier alpha value is -1.31. The smallest absolute Gasteiger partial charge is 0.411 e. The number of amides is 1. The molecule has 0 unspecified atom stereocenters. The first-order chi connectivity index (χ1) is 8.28. The van der Waals surface area contributed by atoms with E-state index in [1.807, 2.05) is 0 Å². The molecule has 0 aromatic carbocycles. The number of ether oxygens (including phenoxy) is 1. The van der Waals surface area contributed by atoms with E-state index in [-0.39, 0.29) is 6.04 Å². The summed E-state index contributed by atoms with van der Waals surface area (Å²) < 4.78 is 39.4. The third kappa shape index (κ3) is 5.35. The summed E-state index contributed by atoms with van der Waals surface area (Å²) in [7, 11) is 0. The molecule has 0 heterocycles. The molecule has 5 nitrogen and oxygen atoms in total. The molecule has 2 atom stereocenters. The fraction of sp³-hybridized carbons (Fsp3) is 0.800. The summed E-state index contributed by atoms with van der Waals surface area (Å²) in [4.78, 5) is 21.9. The molecule has 0 bridgehead atoms. The Morgan fingerprint density at radius 1 is 1.33 bits per heavy atom. The van der Waals surface area contributed by atoms with Crippen LogP contribution in [0, 0.1) is 5.92 Å². The maximum atomic E-state index is 11.7. The Bertz CT molecular complexity index is 319. The molecule has 0 aromatic rings. The number of aliphatic carboxylic acids is 1. The normalized spacial score (nSPS) is 23.9. The minimum Gasteiger partial charge on any atom is -0.481 e. The van der Waals surface area contributed by atoms with Gasteiger partial charge in [0.15, 0.2) is 0 Å². The zero-order valence-corrected chi connectivity index (χ0v) is 9.50. The highest BCUT2D eigenvalue weighted by atomic mass is 19.4. The van der Waals surface area contributed by atoms with E-state index >= 15 is 0 Å². The zero-order chi connectivity index (χ0) is 13.8. The van der Waals surface area contributed by atoms with Gasteiger partial charge in [-0.1, -0.05) is 0 Å². The van der Waals surface area contributed by atoms with Crippen molar-refractivity contribution in [1.82, 2.24) is 5.32 Å². The second kappa shape index (κ2) is 6.03. The van der Waals surface area contributed by atoms with Crippen molar-refractivity contribution in [3.63, 3.8) is 0 Å². The van der Waals surface area contributed by atoms with Crippen LogP contribution in [0.4, 0.5) is 13.2 Å². The summed E-state index contributed by atoms with van der Waals surface area (Å²) in [6.45, 7) is -2.14. The lowest BCUT2D eigenvalue weighted by Gasteiger charge is -2.13. The van der Waals surface area contributed by atoms with Crippen molar-refractivity contribution in [1.29, 1.82) is 0 Å². The summed E-state index contributed by atoms with van der Waals surface area (Å²) in [6, 6.07) is -0.298. The van der Waals surface area contributed by atoms with E-state index in [4.69, 9.17) is 5.11 Å². The van der Waals surface area contributed by atoms with Crippen LogP contribution in [-0.4, -0.2) is 42.4 Å². The Kier molecular flexibility index (Phi) is 4.94. The van der Waals surface area contributed by atoms with E-state index in [1.165, 1.54) is 0 Å². The van der Waals surface area contributed by atoms with Crippen LogP contribution in [0.1, 0.15) is 19.3 Å². The maximum Gasteiger partial charge on any atom is 0.411 e. The molecule has 1 amide bonds. The van der Waals surface area contributed by atoms with Gasteiger partial charge in [0.05, 0.1) is 5.92 Å². The molecule has 1 rings (SSSR count). The van der Waals surface area contributed by atoms with E-state index in [9.17, 15) is 22.8 Å². The number of carbonyl (C=O) groups is 2. The van der Waals surface area contributed by atoms with Gasteiger partial charge in [-0.25, -0.2) is 0 Å². The number of hydrogen-bond acceptors (Lipinski definition) is 3. The summed E-state index contributed by atoms with van der Waals surface area (Å²) in [5, 5.41) is 11.2. The third-order valence-corrected chi connectivity index (χ3v) is 2.65. The fourth-order valence-corrected chi connectivity index (χ4v) is 1.87. The molecule has 1 saturated carbocycles. The van der Waals surface area contributed by atoms with Gasteiger partial charge in [-0.15, -0.1) is 0 Å². The predicted octanol–water partition coefficient (Wildman–Crippen LogP) is 0.935. The monoisotopic (exact) mass is 269 g/mol. The van der Waals surface area contributed by atoms with E-state index in [1.54, 1.807) is 0 Å². The standard InChI is InChI=1S/C10H14F3NO4/c11-10(12,13)5-18-4-8(15)14-7-2-1-6(3-7)9(16)17/h6-7H,1-5H2,(H,14,15)(H,16,17)/t6-,7+/m0/s1. The van der Waals surface area contributed by atoms with Crippen molar-refractivity contribution in [2.75, 3.05) is 13.2 Å². The van der Waals surface area contributed by atoms with Gasteiger partial charge in [-0.2, -0.15) is 13.2 Å². The number of rotatable bonds is 5. The SMILES string of the molecule is O=C(COCC(F)(F)F)N[C@@H]1CC[C@H](C(=O)O)C1. The van der Waals surface area contributed by atoms with Gasteiger partial charge in [0.25, 0.3) is 0 Å². The summed E-state index contributed by atoms with van der Waals surface area (Å²) in [6.07, 6.45) is -3.17. The molecule has 1 fully saturated rings. The number of hydrogen-bond donors (Lipinski definition) is 2. The number of carboxylic acid groups (broad SMARTS) is 1. The highest BCUT2D eigenvalue weighted by Crippen LogP contribution is 2.25. The molecule has 0 spiro atoms. The van der Waals surface area contributed by atoms with Crippen LogP contribution in [0.3, 0.4) is 0 Å². The Labute approximate surface area is 101 Å². The minimum atomic E-state index is -4.46. The molecule has 0 aliphatic heterocycles. The highest BCUT2D eigenvalue weighted by Gasteiger charge is 2.31. The van der Waals surface area contributed by atoms with E-state index in [2.05, 4.69) is 10.1 Å². The summed E-state index contributed by atoms with van der Waals surface area (Å²) >= 11 is 0. The van der Waals surface area contributed by atoms with Crippen LogP contribution < -0.4 is 5.32 Å². The van der Waals surface area contributed by atoms with Crippen molar-refractivity contribution in [2.45, 2.75) is 31.5 Å². The Morgan fingerprint density at radius 2 is 2.00 bits per heavy atom. The number of carbonyl (C=O) groups excluding carboxylic acids is 1. The Morgan fingerprint density at radius 3 is 2.50 bits per heavy atom. The van der Waals surface area contributed by atoms with Crippen LogP contribution in [0.5, 0.6) is 0 Å². The lowest BCUT2D eigenvalue weighted by Crippen LogP contribution is -2.36. The number of nitrogens with one attached hydrogen (secondary N) is 1. The molecule has 1 aliphatic rings. The molecule has 8 heteroatoms. The first-order valence-electron chi connectivity index (χ1n) is 5.44.